The number of hydrogen-bond donors (Lipinski definition) is 1. The van der Waals surface area contributed by atoms with E-state index in [1.807, 2.05) is 0 Å². The summed E-state index contributed by atoms with van der Waals surface area (Å²) in [7, 11) is 0. The van der Waals surface area contributed by atoms with Gasteiger partial charge in [0.25, 0.3) is 0 Å². The molecule has 2 rings (SSSR count). The fourth-order valence-electron chi connectivity index (χ4n) is 3.32. The molecule has 0 spiro atoms. The van der Waals surface area contributed by atoms with Crippen LogP contribution in [0.15, 0.2) is 36.0 Å². The molecule has 1 N–H and O–H groups in total. The van der Waals surface area contributed by atoms with Gasteiger partial charge in [-0.05, 0) is 30.6 Å². The zero-order valence-electron chi connectivity index (χ0n) is 15.6. The van der Waals surface area contributed by atoms with Gasteiger partial charge in [0.15, 0.2) is 0 Å². The third-order valence-corrected chi connectivity index (χ3v) is 4.75. The smallest absolute Gasteiger partial charge is 0.334 e. The summed E-state index contributed by atoms with van der Waals surface area (Å²) < 4.78 is 16.0. The summed E-state index contributed by atoms with van der Waals surface area (Å²) >= 11 is 0. The Bertz CT molecular complexity index is 692. The van der Waals surface area contributed by atoms with Crippen molar-refractivity contribution in [3.05, 3.63) is 36.0 Å². The molecule has 1 aliphatic heterocycles. The van der Waals surface area contributed by atoms with E-state index < -0.39 is 48.2 Å². The summed E-state index contributed by atoms with van der Waals surface area (Å²) in [5, 5.41) is 9.35. The highest BCUT2D eigenvalue weighted by atomic mass is 17.1. The Labute approximate surface area is 157 Å². The maximum Gasteiger partial charge on any atom is 0.334 e. The normalized spacial score (nSPS) is 31.5. The SMILES string of the molecule is C=C1C(OO)CC(OC(C)=O)C(C)=CC2OC(=O)C(=C)C2CC1OC(C)=O. The molecule has 27 heavy (non-hydrogen) atoms. The highest BCUT2D eigenvalue weighted by molar-refractivity contribution is 5.91. The Morgan fingerprint density at radius 1 is 1.11 bits per heavy atom. The number of rotatable bonds is 3. The Kier molecular flexibility index (Phi) is 6.56. The molecule has 8 nitrogen and oxygen atoms in total. The van der Waals surface area contributed by atoms with Crippen LogP contribution in [0, 0.1) is 5.92 Å². The van der Waals surface area contributed by atoms with Gasteiger partial charge in [-0.15, -0.1) is 0 Å². The van der Waals surface area contributed by atoms with Crippen molar-refractivity contribution in [3.63, 3.8) is 0 Å². The molecule has 1 aliphatic carbocycles. The van der Waals surface area contributed by atoms with Crippen LogP contribution in [0.25, 0.3) is 0 Å². The molecular weight excluding hydrogens is 356 g/mol. The van der Waals surface area contributed by atoms with Gasteiger partial charge < -0.3 is 14.2 Å². The van der Waals surface area contributed by atoms with Crippen molar-refractivity contribution < 1.29 is 38.7 Å². The molecular formula is C19H24O8. The summed E-state index contributed by atoms with van der Waals surface area (Å²) in [6.45, 7) is 11.9. The van der Waals surface area contributed by atoms with E-state index in [2.05, 4.69) is 18.0 Å². The Morgan fingerprint density at radius 3 is 2.26 bits per heavy atom. The van der Waals surface area contributed by atoms with Crippen molar-refractivity contribution in [3.8, 4) is 0 Å². The number of fused-ring (bicyclic) bond motifs is 1. The van der Waals surface area contributed by atoms with Crippen LogP contribution in [-0.4, -0.2) is 47.6 Å². The monoisotopic (exact) mass is 380 g/mol. The summed E-state index contributed by atoms with van der Waals surface area (Å²) in [4.78, 5) is 39.6. The molecule has 0 amide bonds. The Balaban J connectivity index is 2.48. The molecule has 0 bridgehead atoms. The van der Waals surface area contributed by atoms with Gasteiger partial charge in [-0.25, -0.2) is 9.68 Å². The van der Waals surface area contributed by atoms with Crippen molar-refractivity contribution in [2.24, 2.45) is 5.92 Å². The molecule has 1 saturated heterocycles. The van der Waals surface area contributed by atoms with Crippen LogP contribution in [0.2, 0.25) is 0 Å². The van der Waals surface area contributed by atoms with Crippen molar-refractivity contribution >= 4 is 17.9 Å². The van der Waals surface area contributed by atoms with Gasteiger partial charge in [-0.1, -0.05) is 13.2 Å². The van der Waals surface area contributed by atoms with E-state index in [4.69, 9.17) is 14.2 Å². The van der Waals surface area contributed by atoms with Crippen LogP contribution in [-0.2, 0) is 33.5 Å². The van der Waals surface area contributed by atoms with Gasteiger partial charge in [-0.2, -0.15) is 0 Å². The minimum atomic E-state index is -0.954. The van der Waals surface area contributed by atoms with Gasteiger partial charge in [0, 0.05) is 31.8 Å². The second kappa shape index (κ2) is 8.49. The van der Waals surface area contributed by atoms with Crippen molar-refractivity contribution in [1.29, 1.82) is 0 Å². The Morgan fingerprint density at radius 2 is 1.70 bits per heavy atom. The molecule has 0 aromatic carbocycles. The minimum absolute atomic E-state index is 0.0568. The van der Waals surface area contributed by atoms with E-state index in [9.17, 15) is 19.6 Å². The lowest BCUT2D eigenvalue weighted by Gasteiger charge is -2.31. The van der Waals surface area contributed by atoms with Crippen LogP contribution in [0.5, 0.6) is 0 Å². The molecule has 5 atom stereocenters. The van der Waals surface area contributed by atoms with E-state index in [0.717, 1.165) is 0 Å². The first kappa shape index (κ1) is 20.9. The lowest BCUT2D eigenvalue weighted by molar-refractivity contribution is -0.275. The second-order valence-electron chi connectivity index (χ2n) is 6.75. The first-order valence-corrected chi connectivity index (χ1v) is 8.55. The number of carbonyl (C=O) groups excluding carboxylic acids is 3. The molecule has 2 aliphatic rings. The van der Waals surface area contributed by atoms with Crippen molar-refractivity contribution in [2.75, 3.05) is 0 Å². The maximum atomic E-state index is 12.0. The molecule has 1 fully saturated rings. The zero-order valence-corrected chi connectivity index (χ0v) is 15.6. The molecule has 0 radical (unpaired) electrons. The van der Waals surface area contributed by atoms with Crippen LogP contribution in [0.1, 0.15) is 33.6 Å². The van der Waals surface area contributed by atoms with Gasteiger partial charge in [0.1, 0.15) is 24.4 Å². The van der Waals surface area contributed by atoms with E-state index in [0.29, 0.717) is 5.57 Å². The number of carbonyl (C=O) groups is 3. The number of hydrogen-bond acceptors (Lipinski definition) is 8. The first-order chi connectivity index (χ1) is 12.6. The largest absolute Gasteiger partial charge is 0.458 e. The molecule has 0 aromatic rings. The highest BCUT2D eigenvalue weighted by Crippen LogP contribution is 2.37. The van der Waals surface area contributed by atoms with Crippen LogP contribution in [0.4, 0.5) is 0 Å². The fraction of sp³-hybridized carbons (Fsp3) is 0.526. The van der Waals surface area contributed by atoms with Crippen LogP contribution in [0.3, 0.4) is 0 Å². The van der Waals surface area contributed by atoms with Gasteiger partial charge in [-0.3, -0.25) is 14.8 Å². The lowest BCUT2D eigenvalue weighted by atomic mass is 9.84. The molecule has 1 heterocycles. The summed E-state index contributed by atoms with van der Waals surface area (Å²) in [6.07, 6.45) is -1.26. The van der Waals surface area contributed by atoms with E-state index in [1.54, 1.807) is 13.0 Å². The van der Waals surface area contributed by atoms with E-state index in [1.165, 1.54) is 13.8 Å². The van der Waals surface area contributed by atoms with Gasteiger partial charge in [0.05, 0.1) is 0 Å². The maximum absolute atomic E-state index is 12.0. The molecule has 8 heteroatoms. The third kappa shape index (κ3) is 4.84. The topological polar surface area (TPSA) is 108 Å². The predicted molar refractivity (Wildman–Crippen MR) is 93.3 cm³/mol. The fourth-order valence-corrected chi connectivity index (χ4v) is 3.32. The van der Waals surface area contributed by atoms with E-state index in [-0.39, 0.29) is 24.0 Å². The average molecular weight is 380 g/mol. The second-order valence-corrected chi connectivity index (χ2v) is 6.75. The van der Waals surface area contributed by atoms with Gasteiger partial charge in [0.2, 0.25) is 0 Å². The first-order valence-electron chi connectivity index (χ1n) is 8.55. The molecule has 0 saturated carbocycles. The minimum Gasteiger partial charge on any atom is -0.458 e. The van der Waals surface area contributed by atoms with E-state index >= 15 is 0 Å². The third-order valence-electron chi connectivity index (χ3n) is 4.75. The Hall–Kier alpha value is -2.45. The van der Waals surface area contributed by atoms with Gasteiger partial charge >= 0.3 is 17.9 Å². The standard InChI is InChI=1S/C19H24O8/c1-9-6-18-14(10(2)19(22)26-18)7-16(25-13(5)21)11(3)17(27-23)8-15(9)24-12(4)20/h6,14-18,23H,2-3,7-8H2,1,4-5H3. The zero-order chi connectivity index (χ0) is 20.3. The van der Waals surface area contributed by atoms with Crippen molar-refractivity contribution in [1.82, 2.24) is 0 Å². The summed E-state index contributed by atoms with van der Waals surface area (Å²) in [6, 6.07) is 0. The molecule has 5 unspecified atom stereocenters. The average Bonchev–Trinajstić information content (AvgIpc) is 2.83. The lowest BCUT2D eigenvalue weighted by Crippen LogP contribution is -2.36. The predicted octanol–water partition coefficient (Wildman–Crippen LogP) is 2.10. The molecule has 0 aromatic heterocycles. The summed E-state index contributed by atoms with van der Waals surface area (Å²) in [5.74, 6) is -2.08. The molecule has 148 valence electrons. The van der Waals surface area contributed by atoms with Crippen LogP contribution < -0.4 is 0 Å². The highest BCUT2D eigenvalue weighted by Gasteiger charge is 2.42. The number of ether oxygens (including phenoxy) is 3. The van der Waals surface area contributed by atoms with Crippen molar-refractivity contribution in [2.45, 2.75) is 58.0 Å². The summed E-state index contributed by atoms with van der Waals surface area (Å²) in [5.41, 5.74) is 1.16. The van der Waals surface area contributed by atoms with Crippen LogP contribution >= 0.6 is 0 Å². The number of esters is 3. The quantitative estimate of drug-likeness (QED) is 0.198.